The van der Waals surface area contributed by atoms with Crippen molar-refractivity contribution in [3.63, 3.8) is 0 Å². The van der Waals surface area contributed by atoms with Gasteiger partial charge in [-0.2, -0.15) is 0 Å². The molecule has 0 aliphatic heterocycles. The largest absolute Gasteiger partial charge is 0.365 e. The molecule has 9 heteroatoms. The Morgan fingerprint density at radius 2 is 2.00 bits per heavy atom. The predicted octanol–water partition coefficient (Wildman–Crippen LogP) is 3.94. The molecule has 0 aliphatic carbocycles. The molecule has 0 unspecified atom stereocenters. The van der Waals surface area contributed by atoms with Gasteiger partial charge in [-0.25, -0.2) is 9.97 Å². The van der Waals surface area contributed by atoms with E-state index in [1.165, 1.54) is 11.8 Å². The van der Waals surface area contributed by atoms with Gasteiger partial charge in [-0.3, -0.25) is 9.59 Å². The monoisotopic (exact) mass is 384 g/mol. The predicted molar refractivity (Wildman–Crippen MR) is 96.7 cm³/mol. The van der Waals surface area contributed by atoms with Gasteiger partial charge in [0.2, 0.25) is 0 Å². The number of aromatic nitrogens is 2. The maximum Gasteiger partial charge on any atom is 0.255 e. The summed E-state index contributed by atoms with van der Waals surface area (Å²) in [5.74, 6) is -0.678. The lowest BCUT2D eigenvalue weighted by Crippen LogP contribution is -2.16. The van der Waals surface area contributed by atoms with Crippen LogP contribution in [-0.4, -0.2) is 27.9 Å². The van der Waals surface area contributed by atoms with Gasteiger partial charge in [0.15, 0.2) is 10.9 Å². The second-order valence-electron chi connectivity index (χ2n) is 4.69. The van der Waals surface area contributed by atoms with Crippen LogP contribution in [0.1, 0.15) is 34.1 Å². The molecule has 0 aliphatic rings. The van der Waals surface area contributed by atoms with Crippen LogP contribution in [0.15, 0.2) is 23.4 Å². The Morgan fingerprint density at radius 3 is 2.58 bits per heavy atom. The van der Waals surface area contributed by atoms with Gasteiger partial charge in [-0.15, -0.1) is 0 Å². The number of nitrogens with two attached hydrogens (primary N) is 1. The maximum absolute atomic E-state index is 11.9. The topological polar surface area (TPSA) is 98.0 Å². The summed E-state index contributed by atoms with van der Waals surface area (Å²) in [5, 5.41) is 3.65. The number of primary amides is 1. The third kappa shape index (κ3) is 3.98. The summed E-state index contributed by atoms with van der Waals surface area (Å²) < 4.78 is 0. The Bertz CT molecular complexity index is 814. The van der Waals surface area contributed by atoms with Crippen LogP contribution in [0.25, 0.3) is 0 Å². The fourth-order valence-electron chi connectivity index (χ4n) is 1.96. The molecule has 0 atom stereocenters. The number of Topliss-reactive ketones (excluding diaryl/α,β-unsaturated/α-hetero) is 1. The molecular formula is C15H14Cl2N4O2S. The highest BCUT2D eigenvalue weighted by molar-refractivity contribution is 7.98. The van der Waals surface area contributed by atoms with Crippen LogP contribution in [0.4, 0.5) is 11.5 Å². The first-order valence-electron chi connectivity index (χ1n) is 6.88. The van der Waals surface area contributed by atoms with Crippen molar-refractivity contribution >= 4 is 58.2 Å². The zero-order valence-corrected chi connectivity index (χ0v) is 15.2. The summed E-state index contributed by atoms with van der Waals surface area (Å²) in [6.45, 7) is 1.75. The number of halogens is 2. The van der Waals surface area contributed by atoms with Crippen LogP contribution in [0, 0.1) is 0 Å². The van der Waals surface area contributed by atoms with Gasteiger partial charge >= 0.3 is 0 Å². The molecule has 3 N–H and O–H groups in total. The molecule has 2 rings (SSSR count). The Morgan fingerprint density at radius 1 is 1.29 bits per heavy atom. The van der Waals surface area contributed by atoms with E-state index in [1.54, 1.807) is 31.4 Å². The van der Waals surface area contributed by atoms with Crippen molar-refractivity contribution in [3.05, 3.63) is 39.5 Å². The minimum atomic E-state index is -0.756. The fraction of sp³-hybridized carbons (Fsp3) is 0.200. The third-order valence-corrected chi connectivity index (χ3v) is 4.27. The summed E-state index contributed by atoms with van der Waals surface area (Å²) in [5.41, 5.74) is 6.25. The molecule has 1 aromatic carbocycles. The average molecular weight is 385 g/mol. The van der Waals surface area contributed by atoms with Crippen LogP contribution >= 0.6 is 35.0 Å². The third-order valence-electron chi connectivity index (χ3n) is 3.12. The first-order valence-corrected chi connectivity index (χ1v) is 8.86. The number of rotatable bonds is 6. The van der Waals surface area contributed by atoms with Gasteiger partial charge in [-0.1, -0.05) is 41.9 Å². The van der Waals surface area contributed by atoms with E-state index in [9.17, 15) is 9.59 Å². The van der Waals surface area contributed by atoms with Crippen molar-refractivity contribution in [2.24, 2.45) is 5.73 Å². The van der Waals surface area contributed by atoms with Crippen molar-refractivity contribution in [2.45, 2.75) is 18.5 Å². The van der Waals surface area contributed by atoms with Crippen LogP contribution < -0.4 is 11.1 Å². The van der Waals surface area contributed by atoms with Crippen molar-refractivity contribution in [1.29, 1.82) is 0 Å². The number of hydrogen-bond acceptors (Lipinski definition) is 6. The van der Waals surface area contributed by atoms with Crippen molar-refractivity contribution in [3.8, 4) is 0 Å². The number of nitrogens with one attached hydrogen (secondary N) is 1. The first kappa shape index (κ1) is 18.5. The van der Waals surface area contributed by atoms with Crippen LogP contribution in [-0.2, 0) is 0 Å². The molecule has 1 amide bonds. The highest BCUT2D eigenvalue weighted by atomic mass is 35.5. The van der Waals surface area contributed by atoms with E-state index in [4.69, 9.17) is 28.9 Å². The standard InChI is InChI=1S/C15H14Cl2N4O2S/c1-3-10(22)8-6-7(4-5-9(8)16)19-14-11(13(18)23)12(17)20-15(21-14)24-2/h4-6H,3H2,1-2H3,(H2,18,23)(H,19,20,21). The zero-order valence-electron chi connectivity index (χ0n) is 12.9. The normalized spacial score (nSPS) is 10.5. The van der Waals surface area contributed by atoms with Crippen molar-refractivity contribution in [2.75, 3.05) is 11.6 Å². The summed E-state index contributed by atoms with van der Waals surface area (Å²) in [4.78, 5) is 31.8. The van der Waals surface area contributed by atoms with Gasteiger partial charge in [0.25, 0.3) is 5.91 Å². The van der Waals surface area contributed by atoms with Crippen molar-refractivity contribution in [1.82, 2.24) is 9.97 Å². The van der Waals surface area contributed by atoms with Crippen LogP contribution in [0.3, 0.4) is 0 Å². The fourth-order valence-corrected chi connectivity index (χ4v) is 2.86. The molecular weight excluding hydrogens is 371 g/mol. The molecule has 126 valence electrons. The molecule has 1 aromatic heterocycles. The zero-order chi connectivity index (χ0) is 17.9. The molecule has 0 spiro atoms. The molecule has 0 bridgehead atoms. The smallest absolute Gasteiger partial charge is 0.255 e. The summed E-state index contributed by atoms with van der Waals surface area (Å²) >= 11 is 13.3. The van der Waals surface area contributed by atoms with Gasteiger partial charge < -0.3 is 11.1 Å². The van der Waals surface area contributed by atoms with Gasteiger partial charge in [0, 0.05) is 17.7 Å². The molecule has 2 aromatic rings. The molecule has 1 heterocycles. The quantitative estimate of drug-likeness (QED) is 0.338. The van der Waals surface area contributed by atoms with Crippen molar-refractivity contribution < 1.29 is 9.59 Å². The Labute approximate surface area is 153 Å². The molecule has 0 fully saturated rings. The lowest BCUT2D eigenvalue weighted by Gasteiger charge is -2.12. The van der Waals surface area contributed by atoms with E-state index >= 15 is 0 Å². The molecule has 24 heavy (non-hydrogen) atoms. The Hall–Kier alpha value is -1.83. The maximum atomic E-state index is 11.9. The average Bonchev–Trinajstić information content (AvgIpc) is 2.54. The molecule has 0 saturated carbocycles. The molecule has 0 saturated heterocycles. The summed E-state index contributed by atoms with van der Waals surface area (Å²) in [6, 6.07) is 4.84. The Kier molecular flexibility index (Phi) is 6.04. The van der Waals surface area contributed by atoms with E-state index in [-0.39, 0.29) is 22.3 Å². The van der Waals surface area contributed by atoms with E-state index < -0.39 is 5.91 Å². The SMILES string of the molecule is CCC(=O)c1cc(Nc2nc(SC)nc(Cl)c2C(N)=O)ccc1Cl. The van der Waals surface area contributed by atoms with E-state index in [0.29, 0.717) is 27.9 Å². The van der Waals surface area contributed by atoms with E-state index in [2.05, 4.69) is 15.3 Å². The number of benzene rings is 1. The number of thioether (sulfide) groups is 1. The minimum Gasteiger partial charge on any atom is -0.365 e. The highest BCUT2D eigenvalue weighted by Crippen LogP contribution is 2.28. The molecule has 6 nitrogen and oxygen atoms in total. The van der Waals surface area contributed by atoms with Gasteiger partial charge in [-0.05, 0) is 24.5 Å². The molecule has 0 radical (unpaired) electrons. The van der Waals surface area contributed by atoms with Crippen LogP contribution in [0.5, 0.6) is 0 Å². The summed E-state index contributed by atoms with van der Waals surface area (Å²) in [6.07, 6.45) is 2.10. The number of ketones is 1. The Balaban J connectivity index is 2.49. The number of carbonyl (C=O) groups is 2. The number of hydrogen-bond donors (Lipinski definition) is 2. The minimum absolute atomic E-state index is 0.0206. The first-order chi connectivity index (χ1) is 11.4. The van der Waals surface area contributed by atoms with E-state index in [0.717, 1.165) is 0 Å². The van der Waals surface area contributed by atoms with Gasteiger partial charge in [0.1, 0.15) is 16.5 Å². The number of amides is 1. The van der Waals surface area contributed by atoms with Crippen LogP contribution in [0.2, 0.25) is 10.2 Å². The summed E-state index contributed by atoms with van der Waals surface area (Å²) in [7, 11) is 0. The lowest BCUT2D eigenvalue weighted by molar-refractivity contribution is 0.0984. The second kappa shape index (κ2) is 7.83. The number of anilines is 2. The van der Waals surface area contributed by atoms with E-state index in [1.807, 2.05) is 0 Å². The highest BCUT2D eigenvalue weighted by Gasteiger charge is 2.19. The second-order valence-corrected chi connectivity index (χ2v) is 6.22. The number of nitrogens with zero attached hydrogens (tertiary/aromatic N) is 2. The van der Waals surface area contributed by atoms with Gasteiger partial charge in [0.05, 0.1) is 5.02 Å². The number of carbonyl (C=O) groups excluding carboxylic acids is 2. The lowest BCUT2D eigenvalue weighted by atomic mass is 10.1.